The number of furan rings is 1. The first-order valence-electron chi connectivity index (χ1n) is 10.2. The maximum Gasteiger partial charge on any atom is 0.287 e. The average Bonchev–Trinajstić information content (AvgIpc) is 3.14. The first-order chi connectivity index (χ1) is 15.1. The summed E-state index contributed by atoms with van der Waals surface area (Å²) < 4.78 is 28.9. The Balaban J connectivity index is 1.12. The lowest BCUT2D eigenvalue weighted by Crippen LogP contribution is -2.76. The zero-order valence-electron chi connectivity index (χ0n) is 17.1. The van der Waals surface area contributed by atoms with Crippen molar-refractivity contribution in [2.45, 2.75) is 47.8 Å². The molecule has 166 valence electrons. The zero-order valence-corrected chi connectivity index (χ0v) is 19.5. The van der Waals surface area contributed by atoms with Gasteiger partial charge in [0.05, 0.1) is 14.9 Å². The van der Waals surface area contributed by atoms with Crippen molar-refractivity contribution < 1.29 is 17.6 Å². The van der Waals surface area contributed by atoms with Crippen LogP contribution in [0.15, 0.2) is 35.1 Å². The van der Waals surface area contributed by atoms with E-state index in [1.54, 1.807) is 42.1 Å². The van der Waals surface area contributed by atoms with E-state index >= 15 is 0 Å². The number of rotatable bonds is 6. The maximum absolute atomic E-state index is 12.8. The number of carbonyl (C=O) groups is 1. The second-order valence-corrected chi connectivity index (χ2v) is 13.0. The lowest BCUT2D eigenvalue weighted by Gasteiger charge is -2.69. The van der Waals surface area contributed by atoms with Crippen molar-refractivity contribution in [3.8, 4) is 10.7 Å². The van der Waals surface area contributed by atoms with Crippen molar-refractivity contribution in [1.82, 2.24) is 20.3 Å². The van der Waals surface area contributed by atoms with Gasteiger partial charge in [0.15, 0.2) is 21.4 Å². The number of carbonyl (C=O) groups excluding carboxylic acids is 1. The van der Waals surface area contributed by atoms with Gasteiger partial charge in [0.2, 0.25) is 0 Å². The molecule has 4 saturated carbocycles. The summed E-state index contributed by atoms with van der Waals surface area (Å²) in [5.74, 6) is 0.816. The topological polar surface area (TPSA) is 115 Å². The number of aromatic nitrogens is 3. The smallest absolute Gasteiger partial charge is 0.287 e. The lowest BCUT2D eigenvalue weighted by atomic mass is 9.39. The van der Waals surface area contributed by atoms with E-state index in [2.05, 4.69) is 20.3 Å². The number of thiazole rings is 1. The highest BCUT2D eigenvalue weighted by Crippen LogP contribution is 2.68. The van der Waals surface area contributed by atoms with Gasteiger partial charge in [0.25, 0.3) is 5.91 Å². The molecule has 32 heavy (non-hydrogen) atoms. The Kier molecular flexibility index (Phi) is 4.06. The normalized spacial score (nSPS) is 27.3. The van der Waals surface area contributed by atoms with Crippen LogP contribution >= 0.6 is 22.9 Å². The van der Waals surface area contributed by atoms with Gasteiger partial charge >= 0.3 is 0 Å². The highest BCUT2D eigenvalue weighted by Gasteiger charge is 2.70. The van der Waals surface area contributed by atoms with Crippen LogP contribution in [0, 0.1) is 0 Å². The average molecular weight is 491 g/mol. The van der Waals surface area contributed by atoms with Crippen molar-refractivity contribution in [2.24, 2.45) is 0 Å². The van der Waals surface area contributed by atoms with Crippen LogP contribution in [0.2, 0.25) is 5.02 Å². The molecule has 0 radical (unpaired) electrons. The molecule has 1 N–H and O–H groups in total. The van der Waals surface area contributed by atoms with Gasteiger partial charge in [-0.25, -0.2) is 23.4 Å². The fourth-order valence-electron chi connectivity index (χ4n) is 5.13. The molecule has 3 aromatic rings. The molecule has 3 aromatic heterocycles. The number of nitrogens with zero attached hydrogens (tertiary/aromatic N) is 3. The summed E-state index contributed by atoms with van der Waals surface area (Å²) in [4.78, 5) is 26.7. The number of amides is 1. The number of hydrogen-bond donors (Lipinski definition) is 1. The zero-order chi connectivity index (χ0) is 22.4. The minimum Gasteiger partial charge on any atom is -0.454 e. The van der Waals surface area contributed by atoms with E-state index in [1.165, 1.54) is 6.26 Å². The predicted octanol–water partition coefficient (Wildman–Crippen LogP) is 3.48. The second kappa shape index (κ2) is 6.39. The highest BCUT2D eigenvalue weighted by molar-refractivity contribution is 7.91. The van der Waals surface area contributed by atoms with E-state index in [9.17, 15) is 13.2 Å². The monoisotopic (exact) mass is 490 g/mol. The quantitative estimate of drug-likeness (QED) is 0.562. The molecule has 0 aliphatic heterocycles. The molecule has 1 amide bonds. The van der Waals surface area contributed by atoms with Crippen LogP contribution in [0.4, 0.5) is 0 Å². The molecule has 0 saturated heterocycles. The van der Waals surface area contributed by atoms with E-state index < -0.39 is 14.6 Å². The largest absolute Gasteiger partial charge is 0.454 e. The highest BCUT2D eigenvalue weighted by atomic mass is 35.5. The third-order valence-electron chi connectivity index (χ3n) is 6.90. The van der Waals surface area contributed by atoms with Crippen molar-refractivity contribution >= 4 is 38.7 Å². The van der Waals surface area contributed by atoms with Crippen LogP contribution in [-0.4, -0.2) is 41.1 Å². The first-order valence-corrected chi connectivity index (χ1v) is 13.3. The number of nitrogens with one attached hydrogen (secondary N) is 1. The van der Waals surface area contributed by atoms with Gasteiger partial charge in [-0.3, -0.25) is 4.79 Å². The van der Waals surface area contributed by atoms with Crippen LogP contribution in [0.1, 0.15) is 53.4 Å². The number of hydrogen-bond acceptors (Lipinski definition) is 8. The molecule has 7 rings (SSSR count). The third kappa shape index (κ3) is 2.89. The van der Waals surface area contributed by atoms with E-state index in [1.807, 2.05) is 0 Å². The van der Waals surface area contributed by atoms with Gasteiger partial charge < -0.3 is 9.73 Å². The molecule has 0 atom stereocenters. The van der Waals surface area contributed by atoms with Crippen LogP contribution in [0.3, 0.4) is 0 Å². The van der Waals surface area contributed by atoms with E-state index in [-0.39, 0.29) is 22.6 Å². The molecule has 4 aliphatic carbocycles. The molecule has 2 bridgehead atoms. The fourth-order valence-corrected chi connectivity index (χ4v) is 7.60. The van der Waals surface area contributed by atoms with Crippen LogP contribution < -0.4 is 5.32 Å². The first kappa shape index (κ1) is 20.3. The summed E-state index contributed by atoms with van der Waals surface area (Å²) in [5, 5.41) is 4.62. The minimum atomic E-state index is -3.28. The summed E-state index contributed by atoms with van der Waals surface area (Å²) in [5.41, 5.74) is -0.258. The Morgan fingerprint density at radius 3 is 2.44 bits per heavy atom. The minimum absolute atomic E-state index is 0.00862. The van der Waals surface area contributed by atoms with E-state index in [0.717, 1.165) is 29.1 Å². The fraction of sp³-hybridized carbons (Fsp3) is 0.429. The van der Waals surface area contributed by atoms with Gasteiger partial charge in [0, 0.05) is 35.8 Å². The number of sulfone groups is 1. The molecular formula is C21H19ClN4O4S2. The van der Waals surface area contributed by atoms with Crippen molar-refractivity contribution in [3.05, 3.63) is 52.3 Å². The molecule has 11 heteroatoms. The Labute approximate surface area is 193 Å². The Hall–Kier alpha value is -2.30. The van der Waals surface area contributed by atoms with Gasteiger partial charge in [-0.2, -0.15) is 0 Å². The van der Waals surface area contributed by atoms with Crippen molar-refractivity contribution in [1.29, 1.82) is 0 Å². The van der Waals surface area contributed by atoms with Crippen LogP contribution in [-0.2, 0) is 20.0 Å². The molecule has 0 spiro atoms. The molecule has 8 nitrogen and oxygen atoms in total. The molecular weight excluding hydrogens is 472 g/mol. The molecule has 4 fully saturated rings. The molecule has 0 aromatic carbocycles. The van der Waals surface area contributed by atoms with Gasteiger partial charge in [0.1, 0.15) is 10.5 Å². The SMILES string of the molecule is CS(=O)(=O)C1(c2ccc(C(=O)NC34CC(c5ncc(-c6ncc(Cl)cn6)s5)(C3)C4)o2)CC1. The standard InChI is InChI=1S/C21H19ClN4O4S2/c1-32(28,29)21(4-5-21)15-3-2-13(30-15)17(27)26-20-9-19(10-20,11-20)18-25-8-14(31-18)16-23-6-12(22)7-24-16/h2-3,6-8H,4-5,9-11H2,1H3,(H,26,27). The summed E-state index contributed by atoms with van der Waals surface area (Å²) in [6, 6.07) is 3.18. The summed E-state index contributed by atoms with van der Waals surface area (Å²) in [7, 11) is -3.28. The predicted molar refractivity (Wildman–Crippen MR) is 118 cm³/mol. The number of halogens is 1. The van der Waals surface area contributed by atoms with Crippen LogP contribution in [0.25, 0.3) is 10.7 Å². The Morgan fingerprint density at radius 2 is 1.81 bits per heavy atom. The second-order valence-electron chi connectivity index (χ2n) is 9.23. The van der Waals surface area contributed by atoms with Crippen LogP contribution in [0.5, 0.6) is 0 Å². The van der Waals surface area contributed by atoms with Gasteiger partial charge in [-0.15, -0.1) is 11.3 Å². The van der Waals surface area contributed by atoms with Crippen molar-refractivity contribution in [2.75, 3.05) is 6.26 Å². The Morgan fingerprint density at radius 1 is 1.12 bits per heavy atom. The summed E-state index contributed by atoms with van der Waals surface area (Å²) in [6.07, 6.45) is 9.66. The third-order valence-corrected chi connectivity index (χ3v) is 10.4. The lowest BCUT2D eigenvalue weighted by molar-refractivity contribution is -0.0812. The Bertz CT molecular complexity index is 1340. The van der Waals surface area contributed by atoms with Gasteiger partial charge in [-0.1, -0.05) is 11.6 Å². The van der Waals surface area contributed by atoms with Gasteiger partial charge in [-0.05, 0) is 44.2 Å². The van der Waals surface area contributed by atoms with E-state index in [4.69, 9.17) is 16.0 Å². The maximum atomic E-state index is 12.8. The van der Waals surface area contributed by atoms with E-state index in [0.29, 0.717) is 29.4 Å². The summed E-state index contributed by atoms with van der Waals surface area (Å²) >= 11 is 7.43. The molecule has 3 heterocycles. The molecule has 4 aliphatic rings. The summed E-state index contributed by atoms with van der Waals surface area (Å²) in [6.45, 7) is 0. The molecule has 0 unspecified atom stereocenters. The van der Waals surface area contributed by atoms with Crippen molar-refractivity contribution in [3.63, 3.8) is 0 Å².